The van der Waals surface area contributed by atoms with E-state index in [1.165, 1.54) is 18.3 Å². The van der Waals surface area contributed by atoms with Gasteiger partial charge in [-0.15, -0.1) is 11.3 Å². The Morgan fingerprint density at radius 3 is 2.32 bits per heavy atom. The van der Waals surface area contributed by atoms with Crippen molar-refractivity contribution in [1.82, 2.24) is 10.3 Å². The molecule has 3 rings (SSSR count). The number of benzene rings is 1. The molecule has 2 aromatic heterocycles. The number of thiophene rings is 1. The minimum Gasteiger partial charge on any atom is -0.340 e. The number of carbonyl (C=O) groups excluding carboxylic acids is 2. The number of aromatic nitrogens is 1. The van der Waals surface area contributed by atoms with E-state index in [1.807, 2.05) is 43.3 Å². The van der Waals surface area contributed by atoms with Gasteiger partial charge in [0.2, 0.25) is 0 Å². The molecule has 0 bridgehead atoms. The summed E-state index contributed by atoms with van der Waals surface area (Å²) >= 11 is 1.21. The van der Waals surface area contributed by atoms with Crippen LogP contribution in [0.4, 0.5) is 0 Å². The zero-order chi connectivity index (χ0) is 17.8. The molecule has 1 atom stereocenters. The molecule has 25 heavy (non-hydrogen) atoms. The summed E-state index contributed by atoms with van der Waals surface area (Å²) in [6, 6.07) is 14.9. The van der Waals surface area contributed by atoms with Crippen molar-refractivity contribution in [3.8, 4) is 0 Å². The van der Waals surface area contributed by atoms with E-state index >= 15 is 0 Å². The average molecular weight is 350 g/mol. The first-order valence-corrected chi connectivity index (χ1v) is 8.75. The van der Waals surface area contributed by atoms with Crippen LogP contribution >= 0.6 is 11.3 Å². The smallest absolute Gasteiger partial charge is 0.262 e. The van der Waals surface area contributed by atoms with Crippen LogP contribution in [-0.2, 0) is 0 Å². The molecule has 0 saturated heterocycles. The summed E-state index contributed by atoms with van der Waals surface area (Å²) in [6.45, 7) is 3.52. The monoisotopic (exact) mass is 350 g/mol. The molecule has 0 saturated carbocycles. The zero-order valence-electron chi connectivity index (χ0n) is 14.0. The predicted molar refractivity (Wildman–Crippen MR) is 99.0 cm³/mol. The lowest BCUT2D eigenvalue weighted by atomic mass is 9.95. The lowest BCUT2D eigenvalue weighted by Gasteiger charge is -2.21. The second-order valence-corrected chi connectivity index (χ2v) is 6.85. The van der Waals surface area contributed by atoms with E-state index in [0.29, 0.717) is 9.75 Å². The number of rotatable bonds is 5. The summed E-state index contributed by atoms with van der Waals surface area (Å²) in [7, 11) is 0. The van der Waals surface area contributed by atoms with Gasteiger partial charge in [0, 0.05) is 12.4 Å². The van der Waals surface area contributed by atoms with E-state index in [2.05, 4.69) is 10.3 Å². The van der Waals surface area contributed by atoms with Crippen molar-refractivity contribution in [2.75, 3.05) is 0 Å². The van der Waals surface area contributed by atoms with Crippen molar-refractivity contribution in [3.05, 3.63) is 87.4 Å². The van der Waals surface area contributed by atoms with Gasteiger partial charge in [-0.1, -0.05) is 24.3 Å². The van der Waals surface area contributed by atoms with Gasteiger partial charge in [0.25, 0.3) is 5.91 Å². The fourth-order valence-electron chi connectivity index (χ4n) is 2.66. The van der Waals surface area contributed by atoms with Crippen LogP contribution in [0.2, 0.25) is 0 Å². The molecule has 1 unspecified atom stereocenters. The van der Waals surface area contributed by atoms with Gasteiger partial charge in [0.15, 0.2) is 5.78 Å². The van der Waals surface area contributed by atoms with Gasteiger partial charge in [0.1, 0.15) is 0 Å². The molecule has 4 nitrogen and oxygen atoms in total. The maximum Gasteiger partial charge on any atom is 0.262 e. The third kappa shape index (κ3) is 3.83. The van der Waals surface area contributed by atoms with Crippen molar-refractivity contribution < 1.29 is 9.59 Å². The Morgan fingerprint density at radius 2 is 1.68 bits per heavy atom. The van der Waals surface area contributed by atoms with Crippen LogP contribution in [0.3, 0.4) is 0 Å². The molecule has 0 spiro atoms. The highest BCUT2D eigenvalue weighted by molar-refractivity contribution is 7.15. The number of aryl methyl sites for hydroxylation is 1. The Morgan fingerprint density at radius 1 is 1.00 bits per heavy atom. The van der Waals surface area contributed by atoms with Crippen LogP contribution < -0.4 is 5.32 Å². The Hall–Kier alpha value is -2.79. The van der Waals surface area contributed by atoms with Crippen LogP contribution in [0.1, 0.15) is 49.0 Å². The van der Waals surface area contributed by atoms with Crippen molar-refractivity contribution in [3.63, 3.8) is 0 Å². The van der Waals surface area contributed by atoms with E-state index in [0.717, 1.165) is 16.7 Å². The number of carbonyl (C=O) groups is 2. The summed E-state index contributed by atoms with van der Waals surface area (Å²) in [6.07, 6.45) is 3.43. The molecular weight excluding hydrogens is 332 g/mol. The predicted octanol–water partition coefficient (Wildman–Crippen LogP) is 4.17. The van der Waals surface area contributed by atoms with E-state index < -0.39 is 0 Å². The van der Waals surface area contributed by atoms with Crippen molar-refractivity contribution in [1.29, 1.82) is 0 Å². The zero-order valence-corrected chi connectivity index (χ0v) is 14.8. The molecule has 3 aromatic rings. The quantitative estimate of drug-likeness (QED) is 0.703. The number of nitrogens with one attached hydrogen (secondary N) is 1. The molecule has 1 aromatic carbocycles. The fraction of sp³-hybridized carbons (Fsp3) is 0.150. The topological polar surface area (TPSA) is 59.1 Å². The fourth-order valence-corrected chi connectivity index (χ4v) is 3.46. The third-order valence-corrected chi connectivity index (χ3v) is 5.18. The number of amides is 1. The molecule has 2 heterocycles. The number of hydrogen-bond donors (Lipinski definition) is 1. The number of ketones is 1. The largest absolute Gasteiger partial charge is 0.340 e. The van der Waals surface area contributed by atoms with Crippen molar-refractivity contribution in [2.24, 2.45) is 0 Å². The van der Waals surface area contributed by atoms with Crippen LogP contribution in [0.25, 0.3) is 0 Å². The van der Waals surface area contributed by atoms with E-state index in [1.54, 1.807) is 24.5 Å². The highest BCUT2D eigenvalue weighted by Gasteiger charge is 2.20. The highest BCUT2D eigenvalue weighted by atomic mass is 32.1. The van der Waals surface area contributed by atoms with E-state index in [-0.39, 0.29) is 17.7 Å². The van der Waals surface area contributed by atoms with Gasteiger partial charge in [-0.25, -0.2) is 0 Å². The van der Waals surface area contributed by atoms with Crippen LogP contribution in [-0.4, -0.2) is 16.7 Å². The van der Waals surface area contributed by atoms with Gasteiger partial charge < -0.3 is 5.32 Å². The minimum absolute atomic E-state index is 0.0337. The van der Waals surface area contributed by atoms with E-state index in [9.17, 15) is 9.59 Å². The third-order valence-electron chi connectivity index (χ3n) is 3.99. The van der Waals surface area contributed by atoms with Gasteiger partial charge in [-0.05, 0) is 54.8 Å². The molecule has 0 aliphatic carbocycles. The minimum atomic E-state index is -0.278. The lowest BCUT2D eigenvalue weighted by Crippen LogP contribution is -2.29. The van der Waals surface area contributed by atoms with Gasteiger partial charge in [0.05, 0.1) is 15.8 Å². The Bertz CT molecular complexity index is 903. The second kappa shape index (κ2) is 7.40. The Labute approximate surface area is 150 Å². The van der Waals surface area contributed by atoms with Crippen molar-refractivity contribution >= 4 is 23.0 Å². The number of hydrogen-bond acceptors (Lipinski definition) is 4. The van der Waals surface area contributed by atoms with Crippen LogP contribution in [0.15, 0.2) is 60.9 Å². The number of pyridine rings is 1. The Kier molecular flexibility index (Phi) is 5.05. The molecule has 0 aliphatic rings. The molecule has 5 heteroatoms. The average Bonchev–Trinajstić information content (AvgIpc) is 3.12. The summed E-state index contributed by atoms with van der Waals surface area (Å²) in [5.41, 5.74) is 3.09. The Balaban J connectivity index is 1.94. The molecule has 0 aliphatic heterocycles. The standard InChI is InChI=1S/C20H18N2O2S/c1-13-5-3-4-6-16(13)19(15-9-11-21-12-10-15)22-20(24)18-8-7-17(25-18)14(2)23/h3-12,19H,1-2H3,(H,22,24). The molecular formula is C20H18N2O2S. The summed E-state index contributed by atoms with van der Waals surface area (Å²) < 4.78 is 0. The maximum atomic E-state index is 12.7. The summed E-state index contributed by atoms with van der Waals surface area (Å²) in [5.74, 6) is -0.226. The first-order valence-electron chi connectivity index (χ1n) is 7.93. The highest BCUT2D eigenvalue weighted by Crippen LogP contribution is 2.26. The summed E-state index contributed by atoms with van der Waals surface area (Å²) in [5, 5.41) is 3.09. The first-order chi connectivity index (χ1) is 12.1. The summed E-state index contributed by atoms with van der Waals surface area (Å²) in [4.78, 5) is 29.4. The van der Waals surface area contributed by atoms with E-state index in [4.69, 9.17) is 0 Å². The molecule has 0 fully saturated rings. The van der Waals surface area contributed by atoms with Crippen LogP contribution in [0.5, 0.6) is 0 Å². The van der Waals surface area contributed by atoms with Gasteiger partial charge >= 0.3 is 0 Å². The lowest BCUT2D eigenvalue weighted by molar-refractivity contribution is 0.0946. The molecule has 126 valence electrons. The number of Topliss-reactive ketones (excluding diaryl/α,β-unsaturated/α-hetero) is 1. The van der Waals surface area contributed by atoms with Crippen molar-refractivity contribution in [2.45, 2.75) is 19.9 Å². The first kappa shape index (κ1) is 17.0. The normalized spacial score (nSPS) is 11.8. The molecule has 1 amide bonds. The number of nitrogens with zero attached hydrogens (tertiary/aromatic N) is 1. The van der Waals surface area contributed by atoms with Gasteiger partial charge in [-0.3, -0.25) is 14.6 Å². The molecule has 1 N–H and O–H groups in total. The maximum absolute atomic E-state index is 12.7. The van der Waals surface area contributed by atoms with Gasteiger partial charge in [-0.2, -0.15) is 0 Å². The van der Waals surface area contributed by atoms with Crippen LogP contribution in [0, 0.1) is 6.92 Å². The SMILES string of the molecule is CC(=O)c1ccc(C(=O)NC(c2ccncc2)c2ccccc2C)s1. The second-order valence-electron chi connectivity index (χ2n) is 5.76. The molecule has 0 radical (unpaired) electrons.